The zero-order chi connectivity index (χ0) is 15.1. The molecule has 0 saturated heterocycles. The Bertz CT molecular complexity index is 666. The highest BCUT2D eigenvalue weighted by molar-refractivity contribution is 6.20. The molecule has 3 atom stereocenters. The maximum Gasteiger partial charge on any atom is 0.163 e. The van der Waals surface area contributed by atoms with E-state index >= 15 is 0 Å². The Morgan fingerprint density at radius 2 is 1.95 bits per heavy atom. The molecule has 1 fully saturated rings. The van der Waals surface area contributed by atoms with E-state index in [1.807, 2.05) is 19.1 Å². The van der Waals surface area contributed by atoms with Crippen LogP contribution in [0, 0.1) is 11.8 Å². The van der Waals surface area contributed by atoms with Gasteiger partial charge in [0.25, 0.3) is 0 Å². The number of ether oxygens (including phenoxy) is 2. The molecule has 3 unspecified atom stereocenters. The molecular weight excluding hydrogens is 288 g/mol. The highest BCUT2D eigenvalue weighted by Crippen LogP contribution is 2.41. The van der Waals surface area contributed by atoms with Crippen LogP contribution in [0.25, 0.3) is 11.0 Å². The lowest BCUT2D eigenvalue weighted by Gasteiger charge is -2.11. The maximum absolute atomic E-state index is 6.32. The van der Waals surface area contributed by atoms with Crippen molar-refractivity contribution in [3.8, 4) is 11.5 Å². The third-order valence-electron chi connectivity index (χ3n) is 4.33. The second kappa shape index (κ2) is 5.41. The van der Waals surface area contributed by atoms with Gasteiger partial charge in [-0.25, -0.2) is 4.98 Å². The first-order valence-electron chi connectivity index (χ1n) is 7.31. The van der Waals surface area contributed by atoms with Gasteiger partial charge < -0.3 is 14.0 Å². The van der Waals surface area contributed by atoms with Crippen LogP contribution in [0.15, 0.2) is 12.1 Å². The molecule has 0 spiro atoms. The van der Waals surface area contributed by atoms with E-state index in [2.05, 4.69) is 11.5 Å². The summed E-state index contributed by atoms with van der Waals surface area (Å²) in [7, 11) is 3.29. The monoisotopic (exact) mass is 308 g/mol. The van der Waals surface area contributed by atoms with Crippen molar-refractivity contribution in [1.29, 1.82) is 0 Å². The average Bonchev–Trinajstić information content (AvgIpc) is 3.04. The molecule has 1 aliphatic carbocycles. The first-order valence-corrected chi connectivity index (χ1v) is 7.75. The van der Waals surface area contributed by atoms with Gasteiger partial charge in [-0.2, -0.15) is 0 Å². The normalized spacial score (nSPS) is 22.3. The number of halogens is 1. The Morgan fingerprint density at radius 1 is 1.33 bits per heavy atom. The van der Waals surface area contributed by atoms with Gasteiger partial charge in [0, 0.05) is 18.7 Å². The molecule has 0 aliphatic heterocycles. The first-order chi connectivity index (χ1) is 10.0. The van der Waals surface area contributed by atoms with Crippen molar-refractivity contribution in [2.75, 3.05) is 14.2 Å². The molecule has 4 nitrogen and oxygen atoms in total. The molecule has 1 aromatic carbocycles. The second-order valence-electron chi connectivity index (χ2n) is 5.87. The first kappa shape index (κ1) is 14.5. The summed E-state index contributed by atoms with van der Waals surface area (Å²) in [4.78, 5) is 4.70. The van der Waals surface area contributed by atoms with Crippen LogP contribution in [0.3, 0.4) is 0 Å². The van der Waals surface area contributed by atoms with Crippen LogP contribution in [0.2, 0.25) is 0 Å². The van der Waals surface area contributed by atoms with Crippen LogP contribution in [-0.2, 0) is 6.54 Å². The number of hydrogen-bond donors (Lipinski definition) is 0. The van der Waals surface area contributed by atoms with Gasteiger partial charge in [0.1, 0.15) is 5.82 Å². The van der Waals surface area contributed by atoms with Gasteiger partial charge in [-0.1, -0.05) is 6.92 Å². The number of imidazole rings is 1. The average molecular weight is 309 g/mol. The number of hydrogen-bond acceptors (Lipinski definition) is 3. The summed E-state index contributed by atoms with van der Waals surface area (Å²) >= 11 is 6.32. The zero-order valence-corrected chi connectivity index (χ0v) is 13.6. The minimum atomic E-state index is -0.122. The SMILES string of the molecule is COc1cc2nc(C(C)Cl)n(CC3CC3C)c2cc1OC. The molecule has 1 aliphatic rings. The smallest absolute Gasteiger partial charge is 0.163 e. The molecule has 114 valence electrons. The zero-order valence-electron chi connectivity index (χ0n) is 12.9. The number of fused-ring (bicyclic) bond motifs is 1. The number of rotatable bonds is 5. The molecule has 3 rings (SSSR count). The fraction of sp³-hybridized carbons (Fsp3) is 0.562. The van der Waals surface area contributed by atoms with E-state index in [4.69, 9.17) is 26.1 Å². The molecule has 2 aromatic rings. The molecule has 1 heterocycles. The second-order valence-corrected chi connectivity index (χ2v) is 6.52. The molecule has 5 heteroatoms. The Kier molecular flexibility index (Phi) is 3.74. The van der Waals surface area contributed by atoms with Gasteiger partial charge in [-0.15, -0.1) is 11.6 Å². The van der Waals surface area contributed by atoms with E-state index in [-0.39, 0.29) is 5.38 Å². The van der Waals surface area contributed by atoms with Gasteiger partial charge in [0.05, 0.1) is 30.6 Å². The van der Waals surface area contributed by atoms with Crippen molar-refractivity contribution in [1.82, 2.24) is 9.55 Å². The molecule has 0 N–H and O–H groups in total. The van der Waals surface area contributed by atoms with Crippen LogP contribution in [0.5, 0.6) is 11.5 Å². The Labute approximate surface area is 130 Å². The van der Waals surface area contributed by atoms with Gasteiger partial charge in [0.15, 0.2) is 11.5 Å². The van der Waals surface area contributed by atoms with E-state index in [1.165, 1.54) is 6.42 Å². The topological polar surface area (TPSA) is 36.3 Å². The fourth-order valence-electron chi connectivity index (χ4n) is 2.85. The van der Waals surface area contributed by atoms with Crippen molar-refractivity contribution >= 4 is 22.6 Å². The van der Waals surface area contributed by atoms with E-state index in [0.29, 0.717) is 5.75 Å². The molecule has 21 heavy (non-hydrogen) atoms. The van der Waals surface area contributed by atoms with E-state index in [9.17, 15) is 0 Å². The summed E-state index contributed by atoms with van der Waals surface area (Å²) in [6.07, 6.45) is 1.28. The lowest BCUT2D eigenvalue weighted by Crippen LogP contribution is -2.06. The quantitative estimate of drug-likeness (QED) is 0.783. The number of alkyl halides is 1. The summed E-state index contributed by atoms with van der Waals surface area (Å²) in [5.74, 6) is 3.86. The highest BCUT2D eigenvalue weighted by atomic mass is 35.5. The van der Waals surface area contributed by atoms with Crippen LogP contribution in [0.4, 0.5) is 0 Å². The van der Waals surface area contributed by atoms with E-state index in [0.717, 1.165) is 41.0 Å². The summed E-state index contributed by atoms with van der Waals surface area (Å²) in [5, 5.41) is -0.122. The number of benzene rings is 1. The van der Waals surface area contributed by atoms with Gasteiger partial charge in [0.2, 0.25) is 0 Å². The van der Waals surface area contributed by atoms with E-state index in [1.54, 1.807) is 14.2 Å². The molecule has 1 aromatic heterocycles. The molecule has 1 saturated carbocycles. The summed E-state index contributed by atoms with van der Waals surface area (Å²) < 4.78 is 13.0. The largest absolute Gasteiger partial charge is 0.493 e. The van der Waals surface area contributed by atoms with E-state index < -0.39 is 0 Å². The third kappa shape index (κ3) is 2.57. The van der Waals surface area contributed by atoms with Crippen LogP contribution in [0.1, 0.15) is 31.5 Å². The maximum atomic E-state index is 6.32. The minimum absolute atomic E-state index is 0.122. The lowest BCUT2D eigenvalue weighted by molar-refractivity contribution is 0.355. The standard InChI is InChI=1S/C16H21ClN2O2/c1-9-5-11(9)8-19-13-7-15(21-4)14(20-3)6-12(13)18-16(19)10(2)17/h6-7,9-11H,5,8H2,1-4H3. The molecular formula is C16H21ClN2O2. The van der Waals surface area contributed by atoms with Gasteiger partial charge in [-0.3, -0.25) is 0 Å². The van der Waals surface area contributed by atoms with Crippen molar-refractivity contribution in [3.05, 3.63) is 18.0 Å². The number of methoxy groups -OCH3 is 2. The van der Waals surface area contributed by atoms with Crippen LogP contribution < -0.4 is 9.47 Å². The Balaban J connectivity index is 2.13. The third-order valence-corrected chi connectivity index (χ3v) is 4.53. The Hall–Kier alpha value is -1.42. The summed E-state index contributed by atoms with van der Waals surface area (Å²) in [6.45, 7) is 5.22. The van der Waals surface area contributed by atoms with Crippen molar-refractivity contribution in [3.63, 3.8) is 0 Å². The summed E-state index contributed by atoms with van der Waals surface area (Å²) in [5.41, 5.74) is 1.97. The predicted octanol–water partition coefficient (Wildman–Crippen LogP) is 4.01. The minimum Gasteiger partial charge on any atom is -0.493 e. The lowest BCUT2D eigenvalue weighted by atomic mass is 10.2. The number of nitrogens with zero attached hydrogens (tertiary/aromatic N) is 2. The van der Waals surface area contributed by atoms with Crippen molar-refractivity contribution < 1.29 is 9.47 Å². The predicted molar refractivity (Wildman–Crippen MR) is 84.4 cm³/mol. The molecule has 0 bridgehead atoms. The molecule has 0 radical (unpaired) electrons. The number of aromatic nitrogens is 2. The van der Waals surface area contributed by atoms with Gasteiger partial charge in [-0.05, 0) is 25.2 Å². The van der Waals surface area contributed by atoms with Crippen molar-refractivity contribution in [2.24, 2.45) is 11.8 Å². The summed E-state index contributed by atoms with van der Waals surface area (Å²) in [6, 6.07) is 3.92. The molecule has 0 amide bonds. The van der Waals surface area contributed by atoms with Crippen LogP contribution in [-0.4, -0.2) is 23.8 Å². The Morgan fingerprint density at radius 3 is 2.48 bits per heavy atom. The fourth-order valence-corrected chi connectivity index (χ4v) is 3.02. The highest BCUT2D eigenvalue weighted by Gasteiger charge is 2.34. The van der Waals surface area contributed by atoms with Crippen molar-refractivity contribution in [2.45, 2.75) is 32.2 Å². The van der Waals surface area contributed by atoms with Gasteiger partial charge >= 0.3 is 0 Å². The van der Waals surface area contributed by atoms with Crippen LogP contribution >= 0.6 is 11.6 Å².